The van der Waals surface area contributed by atoms with Crippen LogP contribution in [0.15, 0.2) is 24.7 Å². The van der Waals surface area contributed by atoms with Gasteiger partial charge in [-0.25, -0.2) is 9.78 Å². The molecule has 24 heavy (non-hydrogen) atoms. The maximum atomic E-state index is 12.3. The summed E-state index contributed by atoms with van der Waals surface area (Å²) < 4.78 is 1.98. The number of urea groups is 1. The molecular weight excluding hydrogens is 322 g/mol. The average molecular weight is 347 g/mol. The second-order valence-electron chi connectivity index (χ2n) is 6.51. The summed E-state index contributed by atoms with van der Waals surface area (Å²) in [5, 5.41) is 11.6. The predicted molar refractivity (Wildman–Crippen MR) is 95.3 cm³/mol. The van der Waals surface area contributed by atoms with Crippen molar-refractivity contribution in [1.29, 1.82) is 0 Å². The number of amides is 2. The van der Waals surface area contributed by atoms with Gasteiger partial charge in [-0.05, 0) is 25.8 Å². The van der Waals surface area contributed by atoms with Gasteiger partial charge in [0.2, 0.25) is 0 Å². The molecule has 2 aromatic rings. The summed E-state index contributed by atoms with van der Waals surface area (Å²) in [7, 11) is 0. The van der Waals surface area contributed by atoms with E-state index in [1.54, 1.807) is 17.5 Å². The van der Waals surface area contributed by atoms with E-state index in [-0.39, 0.29) is 24.0 Å². The van der Waals surface area contributed by atoms with E-state index in [0.717, 1.165) is 24.3 Å². The third-order valence-corrected chi connectivity index (χ3v) is 5.68. The number of hydrogen-bond acceptors (Lipinski definition) is 4. The van der Waals surface area contributed by atoms with Crippen molar-refractivity contribution in [3.8, 4) is 0 Å². The van der Waals surface area contributed by atoms with E-state index in [0.29, 0.717) is 6.54 Å². The number of hydrogen-bond donors (Lipinski definition) is 2. The van der Waals surface area contributed by atoms with Gasteiger partial charge in [0.05, 0.1) is 17.1 Å². The van der Waals surface area contributed by atoms with Crippen LogP contribution in [-0.2, 0) is 0 Å². The molecule has 130 valence electrons. The van der Waals surface area contributed by atoms with E-state index < -0.39 is 0 Å². The predicted octanol–water partition coefficient (Wildman–Crippen LogP) is 3.23. The van der Waals surface area contributed by atoms with Gasteiger partial charge in [0.1, 0.15) is 0 Å². The van der Waals surface area contributed by atoms with Gasteiger partial charge < -0.3 is 10.6 Å². The van der Waals surface area contributed by atoms with Gasteiger partial charge in [0, 0.05) is 35.9 Å². The van der Waals surface area contributed by atoms with Crippen molar-refractivity contribution in [2.45, 2.75) is 57.5 Å². The van der Waals surface area contributed by atoms with Gasteiger partial charge in [0.25, 0.3) is 0 Å². The van der Waals surface area contributed by atoms with E-state index in [4.69, 9.17) is 0 Å². The first-order chi connectivity index (χ1) is 11.6. The molecule has 6 nitrogen and oxygen atoms in total. The molecule has 7 heteroatoms. The molecule has 1 aliphatic rings. The number of nitrogens with zero attached hydrogens (tertiary/aromatic N) is 3. The van der Waals surface area contributed by atoms with E-state index >= 15 is 0 Å². The van der Waals surface area contributed by atoms with Crippen LogP contribution in [0, 0.1) is 6.92 Å². The van der Waals surface area contributed by atoms with Crippen LogP contribution in [0.5, 0.6) is 0 Å². The lowest BCUT2D eigenvalue weighted by molar-refractivity contribution is 0.213. The van der Waals surface area contributed by atoms with E-state index in [9.17, 15) is 4.79 Å². The monoisotopic (exact) mass is 347 g/mol. The van der Waals surface area contributed by atoms with Crippen LogP contribution in [0.25, 0.3) is 0 Å². The Bertz CT molecular complexity index is 654. The smallest absolute Gasteiger partial charge is 0.315 e. The number of carbonyl (C=O) groups is 1. The lowest BCUT2D eigenvalue weighted by Crippen LogP contribution is -2.48. The zero-order chi connectivity index (χ0) is 16.9. The van der Waals surface area contributed by atoms with Crippen LogP contribution in [0.2, 0.25) is 0 Å². The highest BCUT2D eigenvalue weighted by molar-refractivity contribution is 7.11. The summed E-state index contributed by atoms with van der Waals surface area (Å²) in [6.45, 7) is 4.73. The highest BCUT2D eigenvalue weighted by Gasteiger charge is 2.28. The highest BCUT2D eigenvalue weighted by Crippen LogP contribution is 2.28. The van der Waals surface area contributed by atoms with Crippen LogP contribution in [-0.4, -0.2) is 33.4 Å². The van der Waals surface area contributed by atoms with Crippen molar-refractivity contribution in [1.82, 2.24) is 25.4 Å². The Hall–Kier alpha value is -1.89. The standard InChI is InChI=1S/C17H25N5OS/c1-12(16-18-11-13(2)24-16)10-19-17(23)21-14-6-3-4-7-15(14)22-9-5-8-20-22/h5,8-9,11-12,14-15H,3-4,6-7,10H2,1-2H3,(H2,19,21,23)/t12-,14-,15+/m1/s1. The fourth-order valence-electron chi connectivity index (χ4n) is 3.23. The minimum Gasteiger partial charge on any atom is -0.337 e. The third-order valence-electron chi connectivity index (χ3n) is 4.54. The molecular formula is C17H25N5OS. The van der Waals surface area contributed by atoms with Crippen molar-refractivity contribution in [2.24, 2.45) is 0 Å². The fourth-order valence-corrected chi connectivity index (χ4v) is 4.05. The fraction of sp³-hybridized carbons (Fsp3) is 0.588. The molecule has 2 N–H and O–H groups in total. The van der Waals surface area contributed by atoms with Gasteiger partial charge in [-0.1, -0.05) is 19.8 Å². The third kappa shape index (κ3) is 4.14. The lowest BCUT2D eigenvalue weighted by atomic mass is 9.90. The second-order valence-corrected chi connectivity index (χ2v) is 7.78. The van der Waals surface area contributed by atoms with Crippen molar-refractivity contribution < 1.29 is 4.79 Å². The molecule has 1 aliphatic carbocycles. The molecule has 2 heterocycles. The van der Waals surface area contributed by atoms with Gasteiger partial charge in [-0.15, -0.1) is 11.3 Å². The largest absolute Gasteiger partial charge is 0.337 e. The normalized spacial score (nSPS) is 22.1. The van der Waals surface area contributed by atoms with Crippen LogP contribution >= 0.6 is 11.3 Å². The number of rotatable bonds is 5. The van der Waals surface area contributed by atoms with Gasteiger partial charge in [-0.2, -0.15) is 5.10 Å². The topological polar surface area (TPSA) is 71.8 Å². The number of thiazole rings is 1. The molecule has 0 bridgehead atoms. The molecule has 0 aliphatic heterocycles. The van der Waals surface area contributed by atoms with Crippen LogP contribution in [0.3, 0.4) is 0 Å². The van der Waals surface area contributed by atoms with Gasteiger partial charge >= 0.3 is 6.03 Å². The van der Waals surface area contributed by atoms with Gasteiger partial charge in [0.15, 0.2) is 0 Å². The number of nitrogens with one attached hydrogen (secondary N) is 2. The zero-order valence-corrected chi connectivity index (χ0v) is 15.1. The highest BCUT2D eigenvalue weighted by atomic mass is 32.1. The van der Waals surface area contributed by atoms with Crippen molar-refractivity contribution >= 4 is 17.4 Å². The molecule has 0 aromatic carbocycles. The Morgan fingerprint density at radius 1 is 1.46 bits per heavy atom. The summed E-state index contributed by atoms with van der Waals surface area (Å²) in [6.07, 6.45) is 10.1. The van der Waals surface area contributed by atoms with E-state index in [2.05, 4.69) is 27.6 Å². The first-order valence-corrected chi connectivity index (χ1v) is 9.41. The SMILES string of the molecule is Cc1cnc([C@H](C)CNC(=O)N[C@@H]2CCCC[C@@H]2n2cccn2)s1. The quantitative estimate of drug-likeness (QED) is 0.872. The molecule has 1 saturated carbocycles. The van der Waals surface area contributed by atoms with E-state index in [1.807, 2.05) is 30.1 Å². The summed E-state index contributed by atoms with van der Waals surface area (Å²) >= 11 is 1.69. The lowest BCUT2D eigenvalue weighted by Gasteiger charge is -2.32. The summed E-state index contributed by atoms with van der Waals surface area (Å²) in [4.78, 5) is 17.9. The molecule has 0 unspecified atom stereocenters. The first kappa shape index (κ1) is 17.0. The van der Waals surface area contributed by atoms with Crippen molar-refractivity contribution in [3.63, 3.8) is 0 Å². The number of carbonyl (C=O) groups excluding carboxylic acids is 1. The minimum absolute atomic E-state index is 0.0980. The summed E-state index contributed by atoms with van der Waals surface area (Å²) in [6, 6.07) is 2.22. The van der Waals surface area contributed by atoms with Crippen LogP contribution < -0.4 is 10.6 Å². The maximum Gasteiger partial charge on any atom is 0.315 e. The second kappa shape index (κ2) is 7.79. The molecule has 2 aromatic heterocycles. The Morgan fingerprint density at radius 2 is 2.29 bits per heavy atom. The molecule has 2 amide bonds. The Balaban J connectivity index is 1.51. The first-order valence-electron chi connectivity index (χ1n) is 8.59. The Kier molecular flexibility index (Phi) is 5.50. The molecule has 3 atom stereocenters. The molecule has 3 rings (SSSR count). The average Bonchev–Trinajstić information content (AvgIpc) is 3.25. The zero-order valence-electron chi connectivity index (χ0n) is 14.2. The Labute approximate surface area is 146 Å². The molecule has 1 fully saturated rings. The van der Waals surface area contributed by atoms with Crippen molar-refractivity contribution in [3.05, 3.63) is 34.5 Å². The van der Waals surface area contributed by atoms with E-state index in [1.165, 1.54) is 11.3 Å². The summed E-state index contributed by atoms with van der Waals surface area (Å²) in [5.41, 5.74) is 0. The van der Waals surface area contributed by atoms with Crippen LogP contribution in [0.1, 0.15) is 54.5 Å². The molecule has 0 spiro atoms. The maximum absolute atomic E-state index is 12.3. The number of aryl methyl sites for hydroxylation is 1. The Morgan fingerprint density at radius 3 is 3.00 bits per heavy atom. The van der Waals surface area contributed by atoms with Crippen molar-refractivity contribution in [2.75, 3.05) is 6.54 Å². The van der Waals surface area contributed by atoms with Gasteiger partial charge in [-0.3, -0.25) is 4.68 Å². The number of aromatic nitrogens is 3. The molecule has 0 radical (unpaired) electrons. The molecule has 0 saturated heterocycles. The summed E-state index contributed by atoms with van der Waals surface area (Å²) in [5.74, 6) is 0.225. The van der Waals surface area contributed by atoms with Crippen LogP contribution in [0.4, 0.5) is 4.79 Å². The minimum atomic E-state index is -0.0980.